The Morgan fingerprint density at radius 2 is 1.94 bits per heavy atom. The fourth-order valence-electron chi connectivity index (χ4n) is 1.20. The molecule has 0 unspecified atom stereocenters. The van der Waals surface area contributed by atoms with Crippen LogP contribution in [0.5, 0.6) is 5.75 Å². The largest absolute Gasteiger partial charge is 0.479 e. The normalized spacial score (nSPS) is 11.6. The van der Waals surface area contributed by atoms with E-state index in [9.17, 15) is 9.59 Å². The van der Waals surface area contributed by atoms with Crippen LogP contribution in [0.2, 0.25) is 0 Å². The number of rotatable bonds is 5. The van der Waals surface area contributed by atoms with E-state index in [1.54, 1.807) is 24.3 Å². The topological polar surface area (TPSA) is 75.6 Å². The second-order valence-corrected chi connectivity index (χ2v) is 3.48. The third-order valence-corrected chi connectivity index (χ3v) is 2.11. The SMILES string of the molecule is CCNC(=O)c1ccc(O[C@H](C)C(=O)O)cc1. The summed E-state index contributed by atoms with van der Waals surface area (Å²) in [5.41, 5.74) is 0.516. The van der Waals surface area contributed by atoms with Gasteiger partial charge in [0.15, 0.2) is 6.10 Å². The van der Waals surface area contributed by atoms with Crippen LogP contribution in [0.15, 0.2) is 24.3 Å². The maximum Gasteiger partial charge on any atom is 0.344 e. The second kappa shape index (κ2) is 5.89. The molecular weight excluding hydrogens is 222 g/mol. The van der Waals surface area contributed by atoms with Crippen LogP contribution >= 0.6 is 0 Å². The molecule has 2 N–H and O–H groups in total. The zero-order valence-corrected chi connectivity index (χ0v) is 9.77. The van der Waals surface area contributed by atoms with Gasteiger partial charge < -0.3 is 15.2 Å². The van der Waals surface area contributed by atoms with Gasteiger partial charge in [-0.2, -0.15) is 0 Å². The van der Waals surface area contributed by atoms with Crippen molar-refractivity contribution >= 4 is 11.9 Å². The van der Waals surface area contributed by atoms with E-state index in [0.29, 0.717) is 17.9 Å². The molecule has 1 atom stereocenters. The summed E-state index contributed by atoms with van der Waals surface area (Å²) in [7, 11) is 0. The lowest BCUT2D eigenvalue weighted by Crippen LogP contribution is -2.23. The maximum absolute atomic E-state index is 11.4. The summed E-state index contributed by atoms with van der Waals surface area (Å²) < 4.78 is 5.14. The number of carbonyl (C=O) groups excluding carboxylic acids is 1. The van der Waals surface area contributed by atoms with Crippen LogP contribution in [0.1, 0.15) is 24.2 Å². The van der Waals surface area contributed by atoms with E-state index >= 15 is 0 Å². The van der Waals surface area contributed by atoms with Crippen LogP contribution in [-0.4, -0.2) is 29.6 Å². The summed E-state index contributed by atoms with van der Waals surface area (Å²) in [6.45, 7) is 3.84. The molecule has 0 saturated carbocycles. The molecule has 1 amide bonds. The first-order chi connectivity index (χ1) is 8.04. The fourth-order valence-corrected chi connectivity index (χ4v) is 1.20. The Hall–Kier alpha value is -2.04. The molecule has 0 aromatic heterocycles. The maximum atomic E-state index is 11.4. The van der Waals surface area contributed by atoms with Crippen molar-refractivity contribution in [3.8, 4) is 5.75 Å². The summed E-state index contributed by atoms with van der Waals surface area (Å²) >= 11 is 0. The van der Waals surface area contributed by atoms with Gasteiger partial charge in [-0.3, -0.25) is 4.79 Å². The Labute approximate surface area is 99.4 Å². The van der Waals surface area contributed by atoms with Gasteiger partial charge in [0.05, 0.1) is 0 Å². The Bertz CT molecular complexity index is 399. The smallest absolute Gasteiger partial charge is 0.344 e. The summed E-state index contributed by atoms with van der Waals surface area (Å²) in [5, 5.41) is 11.3. The standard InChI is InChI=1S/C12H15NO4/c1-3-13-11(14)9-4-6-10(7-5-9)17-8(2)12(15)16/h4-8H,3H2,1-2H3,(H,13,14)(H,15,16)/t8-/m1/s1. The van der Waals surface area contributed by atoms with Crippen molar-refractivity contribution in [1.29, 1.82) is 0 Å². The molecule has 0 aliphatic carbocycles. The summed E-state index contributed by atoms with van der Waals surface area (Å²) in [5.74, 6) is -0.768. The van der Waals surface area contributed by atoms with Gasteiger partial charge in [-0.1, -0.05) is 0 Å². The van der Waals surface area contributed by atoms with Crippen molar-refractivity contribution in [2.75, 3.05) is 6.54 Å². The van der Waals surface area contributed by atoms with Crippen molar-refractivity contribution in [2.45, 2.75) is 20.0 Å². The molecule has 1 rings (SSSR count). The predicted octanol–water partition coefficient (Wildman–Crippen LogP) is 1.29. The lowest BCUT2D eigenvalue weighted by molar-refractivity contribution is -0.144. The molecular formula is C12H15NO4. The molecule has 0 aliphatic heterocycles. The van der Waals surface area contributed by atoms with Gasteiger partial charge in [0.25, 0.3) is 5.91 Å². The fraction of sp³-hybridized carbons (Fsp3) is 0.333. The van der Waals surface area contributed by atoms with Crippen molar-refractivity contribution in [3.63, 3.8) is 0 Å². The minimum Gasteiger partial charge on any atom is -0.479 e. The van der Waals surface area contributed by atoms with Gasteiger partial charge in [-0.15, -0.1) is 0 Å². The average Bonchev–Trinajstić information content (AvgIpc) is 2.30. The van der Waals surface area contributed by atoms with Crippen LogP contribution in [0, 0.1) is 0 Å². The zero-order chi connectivity index (χ0) is 12.8. The Kier molecular flexibility index (Phi) is 4.51. The highest BCUT2D eigenvalue weighted by atomic mass is 16.5. The van der Waals surface area contributed by atoms with Crippen molar-refractivity contribution in [2.24, 2.45) is 0 Å². The first kappa shape index (κ1) is 13.0. The number of carboxylic acids is 1. The highest BCUT2D eigenvalue weighted by Crippen LogP contribution is 2.13. The number of nitrogens with one attached hydrogen (secondary N) is 1. The molecule has 1 aromatic carbocycles. The van der Waals surface area contributed by atoms with Crippen LogP contribution < -0.4 is 10.1 Å². The number of amides is 1. The first-order valence-corrected chi connectivity index (χ1v) is 5.32. The predicted molar refractivity (Wildman–Crippen MR) is 62.2 cm³/mol. The molecule has 0 spiro atoms. The number of carboxylic acid groups (broad SMARTS) is 1. The van der Waals surface area contributed by atoms with Crippen LogP contribution in [0.3, 0.4) is 0 Å². The van der Waals surface area contributed by atoms with Crippen LogP contribution in [-0.2, 0) is 4.79 Å². The van der Waals surface area contributed by atoms with E-state index in [0.717, 1.165) is 0 Å². The molecule has 0 saturated heterocycles. The zero-order valence-electron chi connectivity index (χ0n) is 9.77. The Morgan fingerprint density at radius 1 is 1.35 bits per heavy atom. The van der Waals surface area contributed by atoms with E-state index in [1.165, 1.54) is 6.92 Å². The minimum atomic E-state index is -1.03. The van der Waals surface area contributed by atoms with Gasteiger partial charge in [0, 0.05) is 12.1 Å². The Morgan fingerprint density at radius 3 is 2.41 bits per heavy atom. The van der Waals surface area contributed by atoms with Crippen molar-refractivity contribution in [1.82, 2.24) is 5.32 Å². The summed E-state index contributed by atoms with van der Waals surface area (Å²) in [6.07, 6.45) is -0.912. The summed E-state index contributed by atoms with van der Waals surface area (Å²) in [4.78, 5) is 22.0. The number of ether oxygens (including phenoxy) is 1. The molecule has 17 heavy (non-hydrogen) atoms. The van der Waals surface area contributed by atoms with Crippen molar-refractivity contribution < 1.29 is 19.4 Å². The highest BCUT2D eigenvalue weighted by molar-refractivity contribution is 5.94. The molecule has 1 aromatic rings. The van der Waals surface area contributed by atoms with Gasteiger partial charge in [-0.05, 0) is 38.1 Å². The first-order valence-electron chi connectivity index (χ1n) is 5.32. The molecule has 0 bridgehead atoms. The molecule has 0 heterocycles. The van der Waals surface area contributed by atoms with Gasteiger partial charge in [-0.25, -0.2) is 4.79 Å². The van der Waals surface area contributed by atoms with Crippen LogP contribution in [0.4, 0.5) is 0 Å². The van der Waals surface area contributed by atoms with E-state index in [1.807, 2.05) is 6.92 Å². The van der Waals surface area contributed by atoms with Crippen LogP contribution in [0.25, 0.3) is 0 Å². The van der Waals surface area contributed by atoms with E-state index in [4.69, 9.17) is 9.84 Å². The van der Waals surface area contributed by atoms with Gasteiger partial charge >= 0.3 is 5.97 Å². The molecule has 0 radical (unpaired) electrons. The molecule has 0 fully saturated rings. The Balaban J connectivity index is 2.68. The highest BCUT2D eigenvalue weighted by Gasteiger charge is 2.12. The van der Waals surface area contributed by atoms with E-state index < -0.39 is 12.1 Å². The second-order valence-electron chi connectivity index (χ2n) is 3.48. The number of hydrogen-bond donors (Lipinski definition) is 2. The number of benzene rings is 1. The van der Waals surface area contributed by atoms with E-state index in [2.05, 4.69) is 5.32 Å². The number of hydrogen-bond acceptors (Lipinski definition) is 3. The average molecular weight is 237 g/mol. The van der Waals surface area contributed by atoms with Gasteiger partial charge in [0.2, 0.25) is 0 Å². The lowest BCUT2D eigenvalue weighted by Gasteiger charge is -2.10. The number of carbonyl (C=O) groups is 2. The monoisotopic (exact) mass is 237 g/mol. The molecule has 5 heteroatoms. The quantitative estimate of drug-likeness (QED) is 0.809. The molecule has 5 nitrogen and oxygen atoms in total. The van der Waals surface area contributed by atoms with Gasteiger partial charge in [0.1, 0.15) is 5.75 Å². The molecule has 92 valence electrons. The third-order valence-electron chi connectivity index (χ3n) is 2.11. The summed E-state index contributed by atoms with van der Waals surface area (Å²) in [6, 6.07) is 6.33. The third kappa shape index (κ3) is 3.79. The van der Waals surface area contributed by atoms with E-state index in [-0.39, 0.29) is 5.91 Å². The lowest BCUT2D eigenvalue weighted by atomic mass is 10.2. The van der Waals surface area contributed by atoms with Crippen molar-refractivity contribution in [3.05, 3.63) is 29.8 Å². The number of aliphatic carboxylic acids is 1. The minimum absolute atomic E-state index is 0.162. The molecule has 0 aliphatic rings.